The van der Waals surface area contributed by atoms with Gasteiger partial charge in [0.1, 0.15) is 5.54 Å². The van der Waals surface area contributed by atoms with Crippen LogP contribution in [0.1, 0.15) is 42.3 Å². The Morgan fingerprint density at radius 2 is 2.19 bits per heavy atom. The first-order valence-electron chi connectivity index (χ1n) is 7.06. The first-order valence-corrected chi connectivity index (χ1v) is 8.75. The molecule has 2 N–H and O–H groups in total. The lowest BCUT2D eigenvalue weighted by atomic mass is 9.73. The van der Waals surface area contributed by atoms with Gasteiger partial charge in [0, 0.05) is 9.40 Å². The predicted octanol–water partition coefficient (Wildman–Crippen LogP) is 3.73. The summed E-state index contributed by atoms with van der Waals surface area (Å²) in [7, 11) is 0. The van der Waals surface area contributed by atoms with Crippen LogP contribution in [0.3, 0.4) is 0 Å². The van der Waals surface area contributed by atoms with Crippen LogP contribution in [-0.2, 0) is 4.79 Å². The quantitative estimate of drug-likeness (QED) is 0.904. The average Bonchev–Trinajstić information content (AvgIpc) is 3.02. The van der Waals surface area contributed by atoms with Gasteiger partial charge >= 0.3 is 5.97 Å². The van der Waals surface area contributed by atoms with Gasteiger partial charge in [-0.1, -0.05) is 19.8 Å². The van der Waals surface area contributed by atoms with Crippen molar-refractivity contribution in [2.45, 2.75) is 38.1 Å². The molecular weight excluding hydrogens is 306 g/mol. The molecule has 0 bridgehead atoms. The van der Waals surface area contributed by atoms with Crippen molar-refractivity contribution in [3.05, 3.63) is 22.4 Å². The molecule has 6 heteroatoms. The third-order valence-corrected chi connectivity index (χ3v) is 6.47. The third-order valence-electron chi connectivity index (χ3n) is 4.38. The second kappa shape index (κ2) is 5.42. The van der Waals surface area contributed by atoms with E-state index in [-0.39, 0.29) is 11.8 Å². The number of hydrogen-bond acceptors (Lipinski definition) is 4. The van der Waals surface area contributed by atoms with Crippen molar-refractivity contribution in [2.24, 2.45) is 5.92 Å². The van der Waals surface area contributed by atoms with Crippen molar-refractivity contribution in [2.75, 3.05) is 0 Å². The van der Waals surface area contributed by atoms with Crippen molar-refractivity contribution in [3.63, 3.8) is 0 Å². The fourth-order valence-electron chi connectivity index (χ4n) is 3.05. The summed E-state index contributed by atoms with van der Waals surface area (Å²) < 4.78 is 2.15. The number of carboxylic acids is 1. The molecule has 1 aliphatic carbocycles. The summed E-state index contributed by atoms with van der Waals surface area (Å²) in [6.07, 6.45) is 3.22. The normalized spacial score (nSPS) is 25.9. The second-order valence-electron chi connectivity index (χ2n) is 5.64. The van der Waals surface area contributed by atoms with Crippen LogP contribution in [0, 0.1) is 5.92 Å². The smallest absolute Gasteiger partial charge is 0.329 e. The Morgan fingerprint density at radius 1 is 1.38 bits per heavy atom. The highest BCUT2D eigenvalue weighted by atomic mass is 32.1. The minimum atomic E-state index is -1.12. The van der Waals surface area contributed by atoms with Crippen molar-refractivity contribution in [1.82, 2.24) is 5.32 Å². The highest BCUT2D eigenvalue weighted by Gasteiger charge is 2.46. The van der Waals surface area contributed by atoms with Gasteiger partial charge in [-0.3, -0.25) is 4.79 Å². The van der Waals surface area contributed by atoms with E-state index in [9.17, 15) is 14.7 Å². The molecule has 0 aromatic carbocycles. The Hall–Kier alpha value is -1.40. The van der Waals surface area contributed by atoms with Crippen LogP contribution in [0.25, 0.3) is 9.40 Å². The SMILES string of the molecule is CC1CCCCC1(NC(=O)c1cc2sccc2s1)C(=O)O. The van der Waals surface area contributed by atoms with E-state index in [0.717, 1.165) is 28.7 Å². The Labute approximate surface area is 130 Å². The molecule has 2 atom stereocenters. The zero-order chi connectivity index (χ0) is 15.0. The molecule has 0 aliphatic heterocycles. The van der Waals surface area contributed by atoms with Gasteiger partial charge in [0.2, 0.25) is 0 Å². The van der Waals surface area contributed by atoms with Crippen LogP contribution in [0.4, 0.5) is 0 Å². The molecule has 2 aromatic rings. The summed E-state index contributed by atoms with van der Waals surface area (Å²) in [5.74, 6) is -1.23. The van der Waals surface area contributed by atoms with Crippen LogP contribution in [0.2, 0.25) is 0 Å². The van der Waals surface area contributed by atoms with Crippen LogP contribution < -0.4 is 5.32 Å². The van der Waals surface area contributed by atoms with Gasteiger partial charge in [-0.25, -0.2) is 4.79 Å². The largest absolute Gasteiger partial charge is 0.479 e. The Morgan fingerprint density at radius 3 is 2.86 bits per heavy atom. The van der Waals surface area contributed by atoms with Gasteiger partial charge in [-0.05, 0) is 36.3 Å². The van der Waals surface area contributed by atoms with Gasteiger partial charge in [-0.2, -0.15) is 0 Å². The maximum Gasteiger partial charge on any atom is 0.329 e. The topological polar surface area (TPSA) is 66.4 Å². The molecule has 1 aliphatic rings. The molecule has 4 nitrogen and oxygen atoms in total. The van der Waals surface area contributed by atoms with E-state index in [1.165, 1.54) is 11.3 Å². The number of amides is 1. The maximum atomic E-state index is 12.5. The van der Waals surface area contributed by atoms with E-state index in [2.05, 4.69) is 5.32 Å². The fraction of sp³-hybridized carbons (Fsp3) is 0.467. The predicted molar refractivity (Wildman–Crippen MR) is 85.2 cm³/mol. The molecule has 3 rings (SSSR count). The second-order valence-corrected chi connectivity index (χ2v) is 7.67. The molecule has 2 aromatic heterocycles. The Bertz CT molecular complexity index is 661. The minimum absolute atomic E-state index is 0.0474. The molecular formula is C15H17NO3S2. The number of carbonyl (C=O) groups excluding carboxylic acids is 1. The minimum Gasteiger partial charge on any atom is -0.479 e. The first-order chi connectivity index (χ1) is 10.0. The zero-order valence-electron chi connectivity index (χ0n) is 11.7. The summed E-state index contributed by atoms with van der Waals surface area (Å²) in [6, 6.07) is 3.83. The lowest BCUT2D eigenvalue weighted by Gasteiger charge is -2.39. The summed E-state index contributed by atoms with van der Waals surface area (Å²) in [4.78, 5) is 24.8. The molecule has 1 fully saturated rings. The van der Waals surface area contributed by atoms with Crippen LogP contribution in [0.5, 0.6) is 0 Å². The summed E-state index contributed by atoms with van der Waals surface area (Å²) in [5, 5.41) is 14.5. The monoisotopic (exact) mass is 323 g/mol. The van der Waals surface area contributed by atoms with E-state index in [1.807, 2.05) is 24.4 Å². The lowest BCUT2D eigenvalue weighted by Crippen LogP contribution is -2.59. The van der Waals surface area contributed by atoms with E-state index in [4.69, 9.17) is 0 Å². The van der Waals surface area contributed by atoms with E-state index in [1.54, 1.807) is 11.3 Å². The maximum absolute atomic E-state index is 12.5. The third kappa shape index (κ3) is 2.46. The molecule has 21 heavy (non-hydrogen) atoms. The van der Waals surface area contributed by atoms with E-state index >= 15 is 0 Å². The summed E-state index contributed by atoms with van der Waals surface area (Å²) in [6.45, 7) is 1.92. The fourth-order valence-corrected chi connectivity index (χ4v) is 5.05. The van der Waals surface area contributed by atoms with Gasteiger partial charge < -0.3 is 10.4 Å². The number of thiophene rings is 2. The van der Waals surface area contributed by atoms with Gasteiger partial charge in [0.05, 0.1) is 4.88 Å². The number of carbonyl (C=O) groups is 2. The molecule has 0 radical (unpaired) electrons. The van der Waals surface area contributed by atoms with Gasteiger partial charge in [-0.15, -0.1) is 22.7 Å². The number of nitrogens with one attached hydrogen (secondary N) is 1. The van der Waals surface area contributed by atoms with Crippen molar-refractivity contribution in [3.8, 4) is 0 Å². The van der Waals surface area contributed by atoms with Gasteiger partial charge in [0.15, 0.2) is 0 Å². The van der Waals surface area contributed by atoms with Crippen molar-refractivity contribution >= 4 is 43.9 Å². The molecule has 1 saturated carbocycles. The van der Waals surface area contributed by atoms with Crippen molar-refractivity contribution < 1.29 is 14.7 Å². The van der Waals surface area contributed by atoms with E-state index < -0.39 is 11.5 Å². The molecule has 0 spiro atoms. The zero-order valence-corrected chi connectivity index (χ0v) is 13.4. The number of hydrogen-bond donors (Lipinski definition) is 2. The first kappa shape index (κ1) is 14.5. The Balaban J connectivity index is 1.87. The van der Waals surface area contributed by atoms with E-state index in [0.29, 0.717) is 11.3 Å². The number of aliphatic carboxylic acids is 1. The van der Waals surface area contributed by atoms with Crippen molar-refractivity contribution in [1.29, 1.82) is 0 Å². The standard InChI is InChI=1S/C15H17NO3S2/c1-9-4-2-3-6-15(9,14(18)19)16-13(17)12-8-11-10(21-12)5-7-20-11/h5,7-9H,2-4,6H2,1H3,(H,16,17)(H,18,19). The van der Waals surface area contributed by atoms with Crippen LogP contribution in [0.15, 0.2) is 17.5 Å². The van der Waals surface area contributed by atoms with Gasteiger partial charge in [0.25, 0.3) is 5.91 Å². The number of fused-ring (bicyclic) bond motifs is 1. The van der Waals surface area contributed by atoms with Crippen LogP contribution >= 0.6 is 22.7 Å². The molecule has 0 saturated heterocycles. The number of rotatable bonds is 3. The molecule has 2 heterocycles. The van der Waals surface area contributed by atoms with Crippen LogP contribution in [-0.4, -0.2) is 22.5 Å². The highest BCUT2D eigenvalue weighted by Crippen LogP contribution is 2.35. The number of carboxylic acid groups (broad SMARTS) is 1. The summed E-state index contributed by atoms with van der Waals surface area (Å²) in [5.41, 5.74) is -1.12. The summed E-state index contributed by atoms with van der Waals surface area (Å²) >= 11 is 3.01. The molecule has 112 valence electrons. The molecule has 2 unspecified atom stereocenters. The average molecular weight is 323 g/mol. The highest BCUT2D eigenvalue weighted by molar-refractivity contribution is 7.27. The molecule has 1 amide bonds. The Kier molecular flexibility index (Phi) is 3.75. The lowest BCUT2D eigenvalue weighted by molar-refractivity contribution is -0.148.